The van der Waals surface area contributed by atoms with Crippen LogP contribution in [0.1, 0.15) is 22.7 Å². The second kappa shape index (κ2) is 8.50. The summed E-state index contributed by atoms with van der Waals surface area (Å²) in [6, 6.07) is 5.88. The normalized spacial score (nSPS) is 10.4. The number of aromatic nitrogens is 1. The molecule has 2 N–H and O–H groups in total. The quantitative estimate of drug-likeness (QED) is 0.571. The van der Waals surface area contributed by atoms with E-state index >= 15 is 0 Å². The van der Waals surface area contributed by atoms with Crippen LogP contribution in [0.5, 0.6) is 11.5 Å². The summed E-state index contributed by atoms with van der Waals surface area (Å²) < 4.78 is 10.5. The van der Waals surface area contributed by atoms with Gasteiger partial charge in [0.2, 0.25) is 5.91 Å². The minimum absolute atomic E-state index is 0.232. The number of rotatable bonds is 8. The maximum atomic E-state index is 11.0. The van der Waals surface area contributed by atoms with Crippen LogP contribution in [-0.4, -0.2) is 30.3 Å². The van der Waals surface area contributed by atoms with Crippen molar-refractivity contribution in [3.05, 3.63) is 39.8 Å². The third kappa shape index (κ3) is 4.94. The SMILES string of the molecule is COc1ccc(CCc2nc(CCC(=O)NO)cs2)cc1OC. The van der Waals surface area contributed by atoms with Crippen molar-refractivity contribution in [2.75, 3.05) is 14.2 Å². The van der Waals surface area contributed by atoms with E-state index in [1.54, 1.807) is 31.0 Å². The number of nitrogens with zero attached hydrogens (tertiary/aromatic N) is 1. The van der Waals surface area contributed by atoms with Crippen LogP contribution >= 0.6 is 11.3 Å². The number of ether oxygens (including phenoxy) is 2. The maximum Gasteiger partial charge on any atom is 0.243 e. The van der Waals surface area contributed by atoms with Gasteiger partial charge in [-0.15, -0.1) is 11.3 Å². The molecule has 0 aliphatic rings. The number of hydrogen-bond acceptors (Lipinski definition) is 6. The highest BCUT2D eigenvalue weighted by atomic mass is 32.1. The highest BCUT2D eigenvalue weighted by molar-refractivity contribution is 7.09. The lowest BCUT2D eigenvalue weighted by Crippen LogP contribution is -2.18. The molecule has 23 heavy (non-hydrogen) atoms. The summed E-state index contributed by atoms with van der Waals surface area (Å²) in [6.45, 7) is 0. The fourth-order valence-electron chi connectivity index (χ4n) is 2.16. The van der Waals surface area contributed by atoms with E-state index in [-0.39, 0.29) is 6.42 Å². The van der Waals surface area contributed by atoms with Gasteiger partial charge in [0.1, 0.15) is 0 Å². The molecule has 0 radical (unpaired) electrons. The van der Waals surface area contributed by atoms with Gasteiger partial charge < -0.3 is 9.47 Å². The Hall–Kier alpha value is -2.12. The fourth-order valence-corrected chi connectivity index (χ4v) is 3.00. The molecule has 2 aromatic rings. The Balaban J connectivity index is 1.91. The van der Waals surface area contributed by atoms with Crippen LogP contribution in [0.2, 0.25) is 0 Å². The van der Waals surface area contributed by atoms with Crippen molar-refractivity contribution in [1.29, 1.82) is 0 Å². The number of hydrogen-bond donors (Lipinski definition) is 2. The van der Waals surface area contributed by atoms with Gasteiger partial charge in [0, 0.05) is 18.2 Å². The summed E-state index contributed by atoms with van der Waals surface area (Å²) in [6.07, 6.45) is 2.44. The second-order valence-corrected chi connectivity index (χ2v) is 5.90. The summed E-state index contributed by atoms with van der Waals surface area (Å²) in [5.74, 6) is 1.04. The number of carbonyl (C=O) groups excluding carboxylic acids is 1. The highest BCUT2D eigenvalue weighted by Crippen LogP contribution is 2.28. The monoisotopic (exact) mass is 336 g/mol. The summed E-state index contributed by atoms with van der Waals surface area (Å²) in [7, 11) is 3.24. The van der Waals surface area contributed by atoms with E-state index in [0.29, 0.717) is 6.42 Å². The van der Waals surface area contributed by atoms with E-state index in [4.69, 9.17) is 14.7 Å². The molecule has 1 heterocycles. The molecule has 0 saturated carbocycles. The van der Waals surface area contributed by atoms with E-state index in [9.17, 15) is 4.79 Å². The van der Waals surface area contributed by atoms with Crippen molar-refractivity contribution in [3.8, 4) is 11.5 Å². The van der Waals surface area contributed by atoms with Crippen molar-refractivity contribution >= 4 is 17.2 Å². The first-order valence-electron chi connectivity index (χ1n) is 7.23. The van der Waals surface area contributed by atoms with E-state index in [1.807, 2.05) is 23.6 Å². The maximum absolute atomic E-state index is 11.0. The van der Waals surface area contributed by atoms with Crippen molar-refractivity contribution in [1.82, 2.24) is 10.5 Å². The third-order valence-electron chi connectivity index (χ3n) is 3.41. The molecule has 1 aromatic heterocycles. The molecule has 124 valence electrons. The Kier molecular flexibility index (Phi) is 6.37. The molecule has 0 saturated heterocycles. The van der Waals surface area contributed by atoms with Crippen molar-refractivity contribution < 1.29 is 19.5 Å². The van der Waals surface area contributed by atoms with Crippen LogP contribution in [0.15, 0.2) is 23.6 Å². The summed E-state index contributed by atoms with van der Waals surface area (Å²) in [4.78, 5) is 15.5. The van der Waals surface area contributed by atoms with Crippen molar-refractivity contribution in [2.24, 2.45) is 0 Å². The van der Waals surface area contributed by atoms with Crippen LogP contribution in [0.3, 0.4) is 0 Å². The van der Waals surface area contributed by atoms with Gasteiger partial charge in [-0.1, -0.05) is 6.07 Å². The van der Waals surface area contributed by atoms with Crippen molar-refractivity contribution in [2.45, 2.75) is 25.7 Å². The first-order valence-corrected chi connectivity index (χ1v) is 8.11. The van der Waals surface area contributed by atoms with Crippen LogP contribution < -0.4 is 15.0 Å². The van der Waals surface area contributed by atoms with Gasteiger partial charge in [-0.05, 0) is 30.5 Å². The lowest BCUT2D eigenvalue weighted by molar-refractivity contribution is -0.129. The van der Waals surface area contributed by atoms with E-state index in [2.05, 4.69) is 4.98 Å². The number of benzene rings is 1. The van der Waals surface area contributed by atoms with Crippen LogP contribution in [0, 0.1) is 0 Å². The molecule has 1 aromatic carbocycles. The molecule has 2 rings (SSSR count). The highest BCUT2D eigenvalue weighted by Gasteiger charge is 2.08. The van der Waals surface area contributed by atoms with Gasteiger partial charge in [-0.3, -0.25) is 10.0 Å². The molecule has 0 aliphatic carbocycles. The lowest BCUT2D eigenvalue weighted by atomic mass is 10.1. The standard InChI is InChI=1S/C16H20N2O4S/c1-21-13-6-3-11(9-14(13)22-2)4-8-16-17-12(10-23-16)5-7-15(19)18-20/h3,6,9-10,20H,4-5,7-8H2,1-2H3,(H,18,19). The zero-order valence-electron chi connectivity index (χ0n) is 13.2. The Bertz CT molecular complexity index is 657. The average Bonchev–Trinajstić information content (AvgIpc) is 3.05. The fraction of sp³-hybridized carbons (Fsp3) is 0.375. The van der Waals surface area contributed by atoms with E-state index in [0.717, 1.165) is 40.6 Å². The Morgan fingerprint density at radius 3 is 2.70 bits per heavy atom. The number of aryl methyl sites for hydroxylation is 3. The zero-order chi connectivity index (χ0) is 16.7. The third-order valence-corrected chi connectivity index (χ3v) is 4.37. The predicted molar refractivity (Wildman–Crippen MR) is 87.3 cm³/mol. The molecule has 6 nitrogen and oxygen atoms in total. The van der Waals surface area contributed by atoms with Gasteiger partial charge in [0.15, 0.2) is 11.5 Å². The molecule has 0 atom stereocenters. The molecule has 7 heteroatoms. The molecule has 0 bridgehead atoms. The molecule has 0 spiro atoms. The molecular formula is C16H20N2O4S. The van der Waals surface area contributed by atoms with Gasteiger partial charge >= 0.3 is 0 Å². The minimum Gasteiger partial charge on any atom is -0.493 e. The molecule has 0 aliphatic heterocycles. The Morgan fingerprint density at radius 1 is 1.22 bits per heavy atom. The van der Waals surface area contributed by atoms with E-state index in [1.165, 1.54) is 0 Å². The lowest BCUT2D eigenvalue weighted by Gasteiger charge is -2.09. The number of methoxy groups -OCH3 is 2. The van der Waals surface area contributed by atoms with Crippen molar-refractivity contribution in [3.63, 3.8) is 0 Å². The van der Waals surface area contributed by atoms with Gasteiger partial charge in [-0.25, -0.2) is 10.5 Å². The number of nitrogens with one attached hydrogen (secondary N) is 1. The number of hydroxylamine groups is 1. The van der Waals surface area contributed by atoms with Crippen LogP contribution in [0.25, 0.3) is 0 Å². The summed E-state index contributed by atoms with van der Waals surface area (Å²) >= 11 is 1.58. The summed E-state index contributed by atoms with van der Waals surface area (Å²) in [5, 5.41) is 11.5. The number of carbonyl (C=O) groups is 1. The summed E-state index contributed by atoms with van der Waals surface area (Å²) in [5.41, 5.74) is 3.65. The Labute approximate surface area is 139 Å². The van der Waals surface area contributed by atoms with Crippen LogP contribution in [0.4, 0.5) is 0 Å². The van der Waals surface area contributed by atoms with Crippen LogP contribution in [-0.2, 0) is 24.1 Å². The minimum atomic E-state index is -0.398. The van der Waals surface area contributed by atoms with Gasteiger partial charge in [0.05, 0.1) is 24.9 Å². The number of thiazole rings is 1. The topological polar surface area (TPSA) is 80.7 Å². The van der Waals surface area contributed by atoms with Gasteiger partial charge in [-0.2, -0.15) is 0 Å². The second-order valence-electron chi connectivity index (χ2n) is 4.96. The largest absolute Gasteiger partial charge is 0.493 e. The van der Waals surface area contributed by atoms with E-state index < -0.39 is 5.91 Å². The van der Waals surface area contributed by atoms with Gasteiger partial charge in [0.25, 0.3) is 0 Å². The first-order chi connectivity index (χ1) is 11.2. The molecular weight excluding hydrogens is 316 g/mol. The smallest absolute Gasteiger partial charge is 0.243 e. The average molecular weight is 336 g/mol. The zero-order valence-corrected chi connectivity index (χ0v) is 14.0. The first kappa shape index (κ1) is 17.2. The number of amides is 1. The predicted octanol–water partition coefficient (Wildman–Crippen LogP) is 2.38. The Morgan fingerprint density at radius 2 is 2.00 bits per heavy atom. The molecule has 1 amide bonds. The molecule has 0 fully saturated rings. The molecule has 0 unspecified atom stereocenters.